The second kappa shape index (κ2) is 6.26. The van der Waals surface area contributed by atoms with E-state index in [0.717, 1.165) is 0 Å². The lowest BCUT2D eigenvalue weighted by Crippen LogP contribution is -2.20. The summed E-state index contributed by atoms with van der Waals surface area (Å²) in [6, 6.07) is 3.07. The van der Waals surface area contributed by atoms with Crippen molar-refractivity contribution in [3.63, 3.8) is 0 Å². The molecule has 2 heterocycles. The normalized spacial score (nSPS) is 11.4. The Morgan fingerprint density at radius 3 is 2.95 bits per heavy atom. The van der Waals surface area contributed by atoms with E-state index < -0.39 is 16.8 Å². The zero-order valence-corrected chi connectivity index (χ0v) is 12.3. The van der Waals surface area contributed by atoms with E-state index in [4.69, 9.17) is 4.42 Å². The topological polar surface area (TPSA) is 128 Å². The summed E-state index contributed by atoms with van der Waals surface area (Å²) in [5.74, 6) is -0.897. The molecule has 1 amide bonds. The molecule has 10 nitrogen and oxygen atoms in total. The molecule has 0 aliphatic rings. The molecule has 21 heavy (non-hydrogen) atoms. The van der Waals surface area contributed by atoms with Crippen LogP contribution in [0.5, 0.6) is 0 Å². The average Bonchev–Trinajstić information content (AvgIpc) is 3.05. The first-order chi connectivity index (χ1) is 9.95. The molecule has 0 bridgehead atoms. The van der Waals surface area contributed by atoms with Crippen LogP contribution < -0.4 is 5.43 Å². The summed E-state index contributed by atoms with van der Waals surface area (Å²) in [5, 5.41) is 17.9. The van der Waals surface area contributed by atoms with E-state index in [2.05, 4.69) is 36.5 Å². The monoisotopic (exact) mass is 356 g/mol. The summed E-state index contributed by atoms with van der Waals surface area (Å²) in [6.45, 7) is 1.79. The van der Waals surface area contributed by atoms with Gasteiger partial charge in [0, 0.05) is 5.10 Å². The highest BCUT2D eigenvalue weighted by molar-refractivity contribution is 9.10. The van der Waals surface area contributed by atoms with E-state index >= 15 is 0 Å². The molecular weight excluding hydrogens is 348 g/mol. The maximum atomic E-state index is 11.7. The number of nitrogens with zero attached hydrogens (tertiary/aromatic N) is 5. The number of hydrogen-bond donors (Lipinski definition) is 1. The summed E-state index contributed by atoms with van der Waals surface area (Å²) in [6.07, 6.45) is 1.21. The third-order valence-electron chi connectivity index (χ3n) is 2.22. The van der Waals surface area contributed by atoms with Crippen LogP contribution in [0.1, 0.15) is 17.5 Å². The Bertz CT molecular complexity index is 706. The van der Waals surface area contributed by atoms with Gasteiger partial charge in [0.1, 0.15) is 0 Å². The molecule has 11 heteroatoms. The number of furan rings is 1. The molecule has 0 atom stereocenters. The van der Waals surface area contributed by atoms with Crippen molar-refractivity contribution < 1.29 is 14.1 Å². The molecule has 2 rings (SSSR count). The van der Waals surface area contributed by atoms with E-state index in [1.54, 1.807) is 13.0 Å². The minimum absolute atomic E-state index is 0.106. The van der Waals surface area contributed by atoms with Crippen molar-refractivity contribution in [1.82, 2.24) is 20.2 Å². The summed E-state index contributed by atoms with van der Waals surface area (Å²) in [5.41, 5.74) is 2.78. The Balaban J connectivity index is 1.94. The maximum absolute atomic E-state index is 11.7. The standard InChI is InChI=1S/C10H9BrN6O4/c1-6(4-16-5-12-10(15-16)17(19)20)13-14-9(18)7-2-3-8(11)21-7/h2-3,5H,4H2,1H3,(H,14,18)/b13-6-. The van der Waals surface area contributed by atoms with E-state index in [9.17, 15) is 14.9 Å². The number of hydrazone groups is 1. The van der Waals surface area contributed by atoms with Crippen LogP contribution in [0.25, 0.3) is 0 Å². The number of aromatic nitrogens is 3. The number of carbonyl (C=O) groups excluding carboxylic acids is 1. The lowest BCUT2D eigenvalue weighted by atomic mass is 10.4. The fraction of sp³-hybridized carbons (Fsp3) is 0.200. The fourth-order valence-electron chi connectivity index (χ4n) is 1.35. The molecule has 0 unspecified atom stereocenters. The Morgan fingerprint density at radius 2 is 2.38 bits per heavy atom. The third kappa shape index (κ3) is 3.95. The van der Waals surface area contributed by atoms with E-state index in [1.165, 1.54) is 17.1 Å². The quantitative estimate of drug-likeness (QED) is 0.489. The van der Waals surface area contributed by atoms with E-state index in [1.807, 2.05) is 0 Å². The largest absolute Gasteiger partial charge is 0.490 e. The van der Waals surface area contributed by atoms with Gasteiger partial charge in [-0.15, -0.1) is 0 Å². The molecular formula is C10H9BrN6O4. The van der Waals surface area contributed by atoms with Gasteiger partial charge in [-0.3, -0.25) is 4.79 Å². The molecule has 0 radical (unpaired) electrons. The molecule has 0 aliphatic carbocycles. The van der Waals surface area contributed by atoms with Gasteiger partial charge in [0.05, 0.1) is 12.3 Å². The molecule has 2 aromatic heterocycles. The van der Waals surface area contributed by atoms with Crippen molar-refractivity contribution in [1.29, 1.82) is 0 Å². The van der Waals surface area contributed by atoms with Crippen LogP contribution in [0, 0.1) is 10.1 Å². The summed E-state index contributed by atoms with van der Waals surface area (Å²) in [4.78, 5) is 24.9. The van der Waals surface area contributed by atoms with Crippen LogP contribution in [0.4, 0.5) is 5.95 Å². The van der Waals surface area contributed by atoms with Gasteiger partial charge < -0.3 is 14.5 Å². The predicted octanol–water partition coefficient (Wildman–Crippen LogP) is 1.35. The van der Waals surface area contributed by atoms with Gasteiger partial charge in [-0.1, -0.05) is 4.98 Å². The Morgan fingerprint density at radius 1 is 1.62 bits per heavy atom. The van der Waals surface area contributed by atoms with Crippen LogP contribution in [-0.2, 0) is 6.54 Å². The predicted molar refractivity (Wildman–Crippen MR) is 73.7 cm³/mol. The first kappa shape index (κ1) is 14.8. The smallest absolute Gasteiger partial charge is 0.444 e. The van der Waals surface area contributed by atoms with Crippen LogP contribution in [-0.4, -0.2) is 31.3 Å². The maximum Gasteiger partial charge on any atom is 0.490 e. The third-order valence-corrected chi connectivity index (χ3v) is 2.65. The number of carbonyl (C=O) groups is 1. The summed E-state index contributed by atoms with van der Waals surface area (Å²) >= 11 is 3.08. The molecule has 110 valence electrons. The summed E-state index contributed by atoms with van der Waals surface area (Å²) in [7, 11) is 0. The number of hydrogen-bond acceptors (Lipinski definition) is 7. The summed E-state index contributed by atoms with van der Waals surface area (Å²) < 4.78 is 6.73. The molecule has 2 aromatic rings. The zero-order valence-electron chi connectivity index (χ0n) is 10.7. The van der Waals surface area contributed by atoms with Gasteiger partial charge in [0.15, 0.2) is 10.4 Å². The van der Waals surface area contributed by atoms with Crippen molar-refractivity contribution in [2.24, 2.45) is 5.10 Å². The van der Waals surface area contributed by atoms with E-state index in [-0.39, 0.29) is 12.3 Å². The highest BCUT2D eigenvalue weighted by Gasteiger charge is 2.14. The van der Waals surface area contributed by atoms with Crippen molar-refractivity contribution in [2.75, 3.05) is 0 Å². The second-order valence-corrected chi connectivity index (χ2v) is 4.67. The van der Waals surface area contributed by atoms with Crippen LogP contribution in [0.3, 0.4) is 0 Å². The lowest BCUT2D eigenvalue weighted by Gasteiger charge is -1.99. The highest BCUT2D eigenvalue weighted by Crippen LogP contribution is 2.13. The molecule has 0 fully saturated rings. The average molecular weight is 357 g/mol. The number of amides is 1. The van der Waals surface area contributed by atoms with Gasteiger partial charge >= 0.3 is 11.9 Å². The first-order valence-electron chi connectivity index (χ1n) is 5.58. The molecule has 0 saturated heterocycles. The van der Waals surface area contributed by atoms with Crippen molar-refractivity contribution in [3.8, 4) is 0 Å². The van der Waals surface area contributed by atoms with Crippen molar-refractivity contribution in [2.45, 2.75) is 13.5 Å². The van der Waals surface area contributed by atoms with Crippen LogP contribution >= 0.6 is 15.9 Å². The molecule has 0 saturated carbocycles. The SMILES string of the molecule is C/C(Cn1cnc([N+](=O)[O-])n1)=N/NC(=O)c1ccc(Br)o1. The second-order valence-electron chi connectivity index (χ2n) is 3.89. The van der Waals surface area contributed by atoms with Gasteiger partial charge in [0.2, 0.25) is 6.33 Å². The zero-order chi connectivity index (χ0) is 15.4. The number of rotatable bonds is 5. The van der Waals surface area contributed by atoms with Crippen molar-refractivity contribution >= 4 is 33.5 Å². The Kier molecular flexibility index (Phi) is 4.42. The molecule has 0 aliphatic heterocycles. The van der Waals surface area contributed by atoms with E-state index in [0.29, 0.717) is 10.4 Å². The van der Waals surface area contributed by atoms with Gasteiger partial charge in [-0.05, 0) is 39.9 Å². The molecule has 0 aromatic carbocycles. The first-order valence-corrected chi connectivity index (χ1v) is 6.37. The lowest BCUT2D eigenvalue weighted by molar-refractivity contribution is -0.394. The molecule has 0 spiro atoms. The Labute approximate surface area is 126 Å². The number of nitrogens with one attached hydrogen (secondary N) is 1. The number of halogens is 1. The minimum Gasteiger partial charge on any atom is -0.444 e. The van der Waals surface area contributed by atoms with Crippen LogP contribution in [0.15, 0.2) is 32.6 Å². The minimum atomic E-state index is -0.695. The van der Waals surface area contributed by atoms with Gasteiger partial charge in [0.25, 0.3) is 0 Å². The van der Waals surface area contributed by atoms with Crippen molar-refractivity contribution in [3.05, 3.63) is 39.0 Å². The van der Waals surface area contributed by atoms with Gasteiger partial charge in [-0.2, -0.15) is 9.78 Å². The highest BCUT2D eigenvalue weighted by atomic mass is 79.9. The fourth-order valence-corrected chi connectivity index (χ4v) is 1.66. The molecule has 1 N–H and O–H groups in total. The van der Waals surface area contributed by atoms with Crippen LogP contribution in [0.2, 0.25) is 0 Å². The number of nitro groups is 1. The Hall–Kier alpha value is -2.56. The van der Waals surface area contributed by atoms with Gasteiger partial charge in [-0.25, -0.2) is 5.43 Å².